The third-order valence-corrected chi connectivity index (χ3v) is 6.92. The monoisotopic (exact) mass is 376 g/mol. The van der Waals surface area contributed by atoms with Gasteiger partial charge in [-0.05, 0) is 19.3 Å². The SMILES string of the molecule is CN=C(NCC1CN2CCN1CC2)NC1CCN(C(=O)C2CCCCC2)C1. The first-order valence-electron chi connectivity index (χ1n) is 11.0. The number of likely N-dealkylation sites (tertiary alicyclic amines) is 1. The highest BCUT2D eigenvalue weighted by atomic mass is 16.2. The second-order valence-corrected chi connectivity index (χ2v) is 8.69. The van der Waals surface area contributed by atoms with Gasteiger partial charge in [-0.25, -0.2) is 0 Å². The van der Waals surface area contributed by atoms with Crippen LogP contribution in [-0.2, 0) is 4.79 Å². The molecular formula is C20H36N6O. The maximum atomic E-state index is 12.7. The molecule has 5 rings (SSSR count). The molecule has 2 bridgehead atoms. The van der Waals surface area contributed by atoms with E-state index in [1.54, 1.807) is 0 Å². The van der Waals surface area contributed by atoms with Gasteiger partial charge < -0.3 is 15.5 Å². The largest absolute Gasteiger partial charge is 0.355 e. The van der Waals surface area contributed by atoms with E-state index in [9.17, 15) is 4.79 Å². The molecule has 5 fully saturated rings. The van der Waals surface area contributed by atoms with Gasteiger partial charge in [-0.2, -0.15) is 0 Å². The Morgan fingerprint density at radius 2 is 1.78 bits per heavy atom. The standard InChI is InChI=1S/C20H36N6O/c1-21-20(22-13-18-15-24-9-11-25(18)12-10-24)23-17-7-8-26(14-17)19(27)16-5-3-2-4-6-16/h16-18H,2-15H2,1H3,(H2,21,22,23). The van der Waals surface area contributed by atoms with Gasteiger partial charge in [0.2, 0.25) is 5.91 Å². The lowest BCUT2D eigenvalue weighted by Gasteiger charge is -2.47. The fourth-order valence-corrected chi connectivity index (χ4v) is 5.21. The minimum absolute atomic E-state index is 0.278. The first-order valence-corrected chi connectivity index (χ1v) is 11.0. The van der Waals surface area contributed by atoms with Crippen LogP contribution in [0.5, 0.6) is 0 Å². The number of nitrogens with one attached hydrogen (secondary N) is 2. The molecule has 4 aliphatic heterocycles. The minimum Gasteiger partial charge on any atom is -0.355 e. The summed E-state index contributed by atoms with van der Waals surface area (Å²) in [6, 6.07) is 0.898. The fraction of sp³-hybridized carbons (Fsp3) is 0.900. The highest BCUT2D eigenvalue weighted by Crippen LogP contribution is 2.26. The molecule has 152 valence electrons. The van der Waals surface area contributed by atoms with Crippen molar-refractivity contribution in [3.05, 3.63) is 0 Å². The van der Waals surface area contributed by atoms with Gasteiger partial charge >= 0.3 is 0 Å². The maximum Gasteiger partial charge on any atom is 0.225 e. The van der Waals surface area contributed by atoms with Crippen molar-refractivity contribution in [3.63, 3.8) is 0 Å². The average molecular weight is 377 g/mol. The number of guanidine groups is 1. The zero-order valence-electron chi connectivity index (χ0n) is 16.8. The number of nitrogens with zero attached hydrogens (tertiary/aromatic N) is 4. The van der Waals surface area contributed by atoms with Crippen LogP contribution in [0, 0.1) is 5.92 Å². The second kappa shape index (κ2) is 8.78. The highest BCUT2D eigenvalue weighted by Gasteiger charge is 2.33. The summed E-state index contributed by atoms with van der Waals surface area (Å²) in [6.45, 7) is 8.63. The van der Waals surface area contributed by atoms with Crippen LogP contribution >= 0.6 is 0 Å². The molecule has 4 saturated heterocycles. The number of carbonyl (C=O) groups is 1. The number of hydrogen-bond donors (Lipinski definition) is 2. The second-order valence-electron chi connectivity index (χ2n) is 8.69. The summed E-state index contributed by atoms with van der Waals surface area (Å²) in [6.07, 6.45) is 6.93. The molecular weight excluding hydrogens is 340 g/mol. The molecule has 2 atom stereocenters. The molecule has 1 aliphatic carbocycles. The Labute approximate surface area is 163 Å². The van der Waals surface area contributed by atoms with Crippen molar-refractivity contribution in [3.8, 4) is 0 Å². The molecule has 2 unspecified atom stereocenters. The van der Waals surface area contributed by atoms with E-state index in [4.69, 9.17) is 0 Å². The molecule has 7 nitrogen and oxygen atoms in total. The molecule has 5 aliphatic rings. The minimum atomic E-state index is 0.278. The van der Waals surface area contributed by atoms with Gasteiger partial charge in [-0.1, -0.05) is 19.3 Å². The molecule has 4 heterocycles. The van der Waals surface area contributed by atoms with Crippen LogP contribution in [0.3, 0.4) is 0 Å². The number of amides is 1. The van der Waals surface area contributed by atoms with Gasteiger partial charge in [0, 0.05) is 77.4 Å². The number of piperazine rings is 3. The van der Waals surface area contributed by atoms with E-state index in [1.165, 1.54) is 45.4 Å². The van der Waals surface area contributed by atoms with E-state index >= 15 is 0 Å². The summed E-state index contributed by atoms with van der Waals surface area (Å²) in [7, 11) is 1.84. The topological polar surface area (TPSA) is 63.2 Å². The van der Waals surface area contributed by atoms with Gasteiger partial charge in [0.05, 0.1) is 0 Å². The van der Waals surface area contributed by atoms with Crippen molar-refractivity contribution in [2.75, 3.05) is 59.4 Å². The summed E-state index contributed by atoms with van der Waals surface area (Å²) in [4.78, 5) is 24.4. The van der Waals surface area contributed by atoms with E-state index in [0.717, 1.165) is 51.4 Å². The van der Waals surface area contributed by atoms with Crippen LogP contribution in [-0.4, -0.2) is 98.1 Å². The van der Waals surface area contributed by atoms with Crippen molar-refractivity contribution >= 4 is 11.9 Å². The predicted molar refractivity (Wildman–Crippen MR) is 108 cm³/mol. The smallest absolute Gasteiger partial charge is 0.225 e. The molecule has 0 aromatic rings. The maximum absolute atomic E-state index is 12.7. The number of hydrogen-bond acceptors (Lipinski definition) is 4. The lowest BCUT2D eigenvalue weighted by Crippen LogP contribution is -2.64. The Morgan fingerprint density at radius 1 is 1.00 bits per heavy atom. The van der Waals surface area contributed by atoms with Gasteiger partial charge in [0.25, 0.3) is 0 Å². The average Bonchev–Trinajstić information content (AvgIpc) is 3.20. The molecule has 0 radical (unpaired) electrons. The van der Waals surface area contributed by atoms with Crippen LogP contribution in [0.25, 0.3) is 0 Å². The van der Waals surface area contributed by atoms with Crippen LogP contribution < -0.4 is 10.6 Å². The lowest BCUT2D eigenvalue weighted by atomic mass is 9.88. The zero-order valence-corrected chi connectivity index (χ0v) is 16.8. The van der Waals surface area contributed by atoms with Crippen molar-refractivity contribution in [2.24, 2.45) is 10.9 Å². The van der Waals surface area contributed by atoms with E-state index in [0.29, 0.717) is 18.0 Å². The lowest BCUT2D eigenvalue weighted by molar-refractivity contribution is -0.135. The van der Waals surface area contributed by atoms with Crippen LogP contribution in [0.1, 0.15) is 38.5 Å². The predicted octanol–water partition coefficient (Wildman–Crippen LogP) is 0.332. The Bertz CT molecular complexity index is 539. The summed E-state index contributed by atoms with van der Waals surface area (Å²) in [5, 5.41) is 7.08. The number of carbonyl (C=O) groups excluding carboxylic acids is 1. The third-order valence-electron chi connectivity index (χ3n) is 6.92. The molecule has 2 N–H and O–H groups in total. The van der Waals surface area contributed by atoms with Crippen LogP contribution in [0.15, 0.2) is 4.99 Å². The molecule has 1 saturated carbocycles. The Balaban J connectivity index is 1.21. The Morgan fingerprint density at radius 3 is 2.44 bits per heavy atom. The number of aliphatic imine (C=N–C) groups is 1. The molecule has 0 spiro atoms. The molecule has 7 heteroatoms. The van der Waals surface area contributed by atoms with Gasteiger partial charge in [-0.15, -0.1) is 0 Å². The molecule has 27 heavy (non-hydrogen) atoms. The molecule has 0 aromatic carbocycles. The van der Waals surface area contributed by atoms with Crippen LogP contribution in [0.2, 0.25) is 0 Å². The van der Waals surface area contributed by atoms with Gasteiger partial charge in [0.1, 0.15) is 0 Å². The van der Waals surface area contributed by atoms with Gasteiger partial charge in [0.15, 0.2) is 5.96 Å². The molecule has 0 aromatic heterocycles. The van der Waals surface area contributed by atoms with Crippen LogP contribution in [0.4, 0.5) is 0 Å². The molecule has 1 amide bonds. The zero-order chi connectivity index (χ0) is 18.6. The summed E-state index contributed by atoms with van der Waals surface area (Å²) < 4.78 is 0. The third kappa shape index (κ3) is 4.57. The van der Waals surface area contributed by atoms with Gasteiger partial charge in [-0.3, -0.25) is 19.6 Å². The van der Waals surface area contributed by atoms with E-state index in [2.05, 4.69) is 30.3 Å². The van der Waals surface area contributed by atoms with Crippen molar-refractivity contribution < 1.29 is 4.79 Å². The normalized spacial score (nSPS) is 34.7. The summed E-state index contributed by atoms with van der Waals surface area (Å²) >= 11 is 0. The Kier molecular flexibility index (Phi) is 6.18. The number of rotatable bonds is 4. The first-order chi connectivity index (χ1) is 13.2. The fourth-order valence-electron chi connectivity index (χ4n) is 5.21. The number of fused-ring (bicyclic) bond motifs is 3. The van der Waals surface area contributed by atoms with Crippen molar-refractivity contribution in [1.82, 2.24) is 25.3 Å². The van der Waals surface area contributed by atoms with Crippen molar-refractivity contribution in [2.45, 2.75) is 50.6 Å². The van der Waals surface area contributed by atoms with E-state index in [-0.39, 0.29) is 5.92 Å². The quantitative estimate of drug-likeness (QED) is 0.547. The van der Waals surface area contributed by atoms with Crippen molar-refractivity contribution in [1.29, 1.82) is 0 Å². The Hall–Kier alpha value is -1.34. The summed E-state index contributed by atoms with van der Waals surface area (Å²) in [5.74, 6) is 1.55. The summed E-state index contributed by atoms with van der Waals surface area (Å²) in [5.41, 5.74) is 0. The van der Waals surface area contributed by atoms with E-state index in [1.807, 2.05) is 7.05 Å². The highest BCUT2D eigenvalue weighted by molar-refractivity contribution is 5.81. The van der Waals surface area contributed by atoms with E-state index < -0.39 is 0 Å². The first kappa shape index (κ1) is 19.0.